The average Bonchev–Trinajstić information content (AvgIpc) is 2.46. The number of hydrogen-bond acceptors (Lipinski definition) is 5. The average molecular weight is 364 g/mol. The molecule has 1 N–H and O–H groups in total. The Morgan fingerprint density at radius 3 is 2.57 bits per heavy atom. The standard InChI is InChI=1S/C14H21FN2O4S2/c1-16-9-11-4-3-7-17(10-11)23(20,21)12-5-6-14(13(15)8-12)22(2,18)19/h5-6,8,11,16H,3-4,7,9-10H2,1-2H3/t11-/m0/s1. The Bertz CT molecular complexity index is 776. The fraction of sp³-hybridized carbons (Fsp3) is 0.571. The Morgan fingerprint density at radius 1 is 1.30 bits per heavy atom. The Morgan fingerprint density at radius 2 is 2.00 bits per heavy atom. The van der Waals surface area contributed by atoms with Gasteiger partial charge in [0, 0.05) is 19.3 Å². The van der Waals surface area contributed by atoms with Crippen LogP contribution in [-0.2, 0) is 19.9 Å². The molecule has 1 heterocycles. The number of hydrogen-bond donors (Lipinski definition) is 1. The van der Waals surface area contributed by atoms with Crippen molar-refractivity contribution in [3.05, 3.63) is 24.0 Å². The van der Waals surface area contributed by atoms with Crippen molar-refractivity contribution < 1.29 is 21.2 Å². The molecule has 130 valence electrons. The number of sulfonamides is 1. The van der Waals surface area contributed by atoms with Crippen LogP contribution < -0.4 is 5.32 Å². The zero-order valence-electron chi connectivity index (χ0n) is 13.1. The van der Waals surface area contributed by atoms with Crippen molar-refractivity contribution in [2.24, 2.45) is 5.92 Å². The van der Waals surface area contributed by atoms with Gasteiger partial charge in [0.15, 0.2) is 9.84 Å². The molecule has 0 saturated carbocycles. The normalized spacial score (nSPS) is 20.6. The van der Waals surface area contributed by atoms with Gasteiger partial charge in [-0.05, 0) is 50.6 Å². The molecule has 1 saturated heterocycles. The van der Waals surface area contributed by atoms with Gasteiger partial charge in [0.05, 0.1) is 4.90 Å². The summed E-state index contributed by atoms with van der Waals surface area (Å²) < 4.78 is 63.4. The van der Waals surface area contributed by atoms with E-state index in [0.29, 0.717) is 19.6 Å². The van der Waals surface area contributed by atoms with E-state index < -0.39 is 30.6 Å². The third-order valence-corrected chi connectivity index (χ3v) is 6.91. The first kappa shape index (κ1) is 18.3. The number of halogens is 1. The quantitative estimate of drug-likeness (QED) is 0.837. The minimum atomic E-state index is -3.83. The molecule has 0 aliphatic carbocycles. The topological polar surface area (TPSA) is 83.6 Å². The van der Waals surface area contributed by atoms with E-state index in [0.717, 1.165) is 37.3 Å². The smallest absolute Gasteiger partial charge is 0.243 e. The molecule has 6 nitrogen and oxygen atoms in total. The second-order valence-corrected chi connectivity index (χ2v) is 9.72. The lowest BCUT2D eigenvalue weighted by atomic mass is 10.00. The predicted octanol–water partition coefficient (Wildman–Crippen LogP) is 0.849. The largest absolute Gasteiger partial charge is 0.319 e. The number of rotatable bonds is 5. The first-order valence-electron chi connectivity index (χ1n) is 7.30. The monoisotopic (exact) mass is 364 g/mol. The summed E-state index contributed by atoms with van der Waals surface area (Å²) in [6.07, 6.45) is 2.57. The molecule has 0 bridgehead atoms. The molecule has 1 aliphatic rings. The van der Waals surface area contributed by atoms with Crippen molar-refractivity contribution in [3.8, 4) is 0 Å². The van der Waals surface area contributed by atoms with Crippen molar-refractivity contribution in [1.82, 2.24) is 9.62 Å². The predicted molar refractivity (Wildman–Crippen MR) is 84.9 cm³/mol. The summed E-state index contributed by atoms with van der Waals surface area (Å²) in [4.78, 5) is -0.712. The van der Waals surface area contributed by atoms with Gasteiger partial charge in [-0.25, -0.2) is 21.2 Å². The molecule has 9 heteroatoms. The third kappa shape index (κ3) is 4.09. The fourth-order valence-electron chi connectivity index (χ4n) is 2.79. The molecular weight excluding hydrogens is 343 g/mol. The van der Waals surface area contributed by atoms with Crippen molar-refractivity contribution in [1.29, 1.82) is 0 Å². The Balaban J connectivity index is 2.31. The summed E-state index contributed by atoms with van der Waals surface area (Å²) in [5.41, 5.74) is 0. The lowest BCUT2D eigenvalue weighted by molar-refractivity contribution is 0.263. The highest BCUT2D eigenvalue weighted by Gasteiger charge is 2.31. The number of piperidine rings is 1. The highest BCUT2D eigenvalue weighted by atomic mass is 32.2. The SMILES string of the molecule is CNC[C@@H]1CCCN(S(=O)(=O)c2ccc(S(C)(=O)=O)c(F)c2)C1. The van der Waals surface area contributed by atoms with E-state index in [1.165, 1.54) is 4.31 Å². The van der Waals surface area contributed by atoms with Gasteiger partial charge >= 0.3 is 0 Å². The second-order valence-electron chi connectivity index (χ2n) is 5.79. The van der Waals surface area contributed by atoms with Crippen molar-refractivity contribution in [3.63, 3.8) is 0 Å². The maximum atomic E-state index is 14.0. The first-order chi connectivity index (χ1) is 10.7. The molecule has 1 aromatic rings. The van der Waals surface area contributed by atoms with E-state index in [4.69, 9.17) is 0 Å². The number of benzene rings is 1. The molecule has 1 aliphatic heterocycles. The molecule has 1 aromatic carbocycles. The van der Waals surface area contributed by atoms with Gasteiger partial charge in [0.1, 0.15) is 10.7 Å². The lowest BCUT2D eigenvalue weighted by Gasteiger charge is -2.31. The summed E-state index contributed by atoms with van der Waals surface area (Å²) in [5.74, 6) is -0.832. The molecule has 0 spiro atoms. The van der Waals surface area contributed by atoms with Crippen LogP contribution >= 0.6 is 0 Å². The van der Waals surface area contributed by atoms with Crippen LogP contribution in [0.3, 0.4) is 0 Å². The van der Waals surface area contributed by atoms with Gasteiger partial charge in [-0.2, -0.15) is 4.31 Å². The number of nitrogens with one attached hydrogen (secondary N) is 1. The fourth-order valence-corrected chi connectivity index (χ4v) is 5.09. The maximum Gasteiger partial charge on any atom is 0.243 e. The molecular formula is C14H21FN2O4S2. The molecule has 1 fully saturated rings. The van der Waals surface area contributed by atoms with Crippen LogP contribution in [-0.4, -0.2) is 54.1 Å². The van der Waals surface area contributed by atoms with E-state index in [-0.39, 0.29) is 10.8 Å². The van der Waals surface area contributed by atoms with Gasteiger partial charge < -0.3 is 5.32 Å². The summed E-state index contributed by atoms with van der Waals surface area (Å²) in [7, 11) is -5.74. The van der Waals surface area contributed by atoms with Gasteiger partial charge in [-0.1, -0.05) is 0 Å². The Kier molecular flexibility index (Phi) is 5.44. The molecule has 0 radical (unpaired) electrons. The maximum absolute atomic E-state index is 14.0. The number of nitrogens with zero attached hydrogens (tertiary/aromatic N) is 1. The minimum Gasteiger partial charge on any atom is -0.319 e. The third-order valence-electron chi connectivity index (χ3n) is 3.92. The van der Waals surface area contributed by atoms with Crippen molar-refractivity contribution >= 4 is 19.9 Å². The summed E-state index contributed by atoms with van der Waals surface area (Å²) in [6, 6.07) is 2.94. The zero-order valence-corrected chi connectivity index (χ0v) is 14.8. The summed E-state index contributed by atoms with van der Waals surface area (Å²) >= 11 is 0. The van der Waals surface area contributed by atoms with Gasteiger partial charge in [0.2, 0.25) is 10.0 Å². The van der Waals surface area contributed by atoms with E-state index in [2.05, 4.69) is 5.32 Å². The van der Waals surface area contributed by atoms with Gasteiger partial charge in [-0.3, -0.25) is 0 Å². The molecule has 0 unspecified atom stereocenters. The summed E-state index contributed by atoms with van der Waals surface area (Å²) in [5, 5.41) is 3.03. The van der Waals surface area contributed by atoms with Crippen LogP contribution in [0.15, 0.2) is 28.0 Å². The van der Waals surface area contributed by atoms with Crippen LogP contribution in [0.2, 0.25) is 0 Å². The molecule has 2 rings (SSSR count). The van der Waals surface area contributed by atoms with Crippen LogP contribution in [0.5, 0.6) is 0 Å². The van der Waals surface area contributed by atoms with Crippen LogP contribution in [0.25, 0.3) is 0 Å². The number of sulfone groups is 1. The van der Waals surface area contributed by atoms with Crippen molar-refractivity contribution in [2.45, 2.75) is 22.6 Å². The van der Waals surface area contributed by atoms with E-state index in [9.17, 15) is 21.2 Å². The van der Waals surface area contributed by atoms with Gasteiger partial charge in [0.25, 0.3) is 0 Å². The molecule has 23 heavy (non-hydrogen) atoms. The van der Waals surface area contributed by atoms with E-state index >= 15 is 0 Å². The van der Waals surface area contributed by atoms with Crippen LogP contribution in [0.1, 0.15) is 12.8 Å². The van der Waals surface area contributed by atoms with E-state index in [1.807, 2.05) is 7.05 Å². The molecule has 0 amide bonds. The second kappa shape index (κ2) is 6.84. The highest BCUT2D eigenvalue weighted by molar-refractivity contribution is 7.90. The van der Waals surface area contributed by atoms with Crippen LogP contribution in [0, 0.1) is 11.7 Å². The molecule has 1 atom stereocenters. The van der Waals surface area contributed by atoms with E-state index in [1.54, 1.807) is 0 Å². The lowest BCUT2D eigenvalue weighted by Crippen LogP contribution is -2.42. The van der Waals surface area contributed by atoms with Crippen molar-refractivity contribution in [2.75, 3.05) is 32.9 Å². The molecule has 0 aromatic heterocycles. The van der Waals surface area contributed by atoms with Gasteiger partial charge in [-0.15, -0.1) is 0 Å². The summed E-state index contributed by atoms with van der Waals surface area (Å²) in [6.45, 7) is 1.48. The first-order valence-corrected chi connectivity index (χ1v) is 10.6. The van der Waals surface area contributed by atoms with Crippen LogP contribution in [0.4, 0.5) is 4.39 Å². The Hall–Kier alpha value is -1.03. The zero-order chi connectivity index (χ0) is 17.3. The highest BCUT2D eigenvalue weighted by Crippen LogP contribution is 2.25. The minimum absolute atomic E-state index is 0.212. The Labute approximate surface area is 136 Å².